The molecule has 0 aliphatic heterocycles. The van der Waals surface area contributed by atoms with Gasteiger partial charge in [-0.25, -0.2) is 0 Å². The van der Waals surface area contributed by atoms with E-state index in [9.17, 15) is 19.8 Å². The van der Waals surface area contributed by atoms with Crippen molar-refractivity contribution in [3.05, 3.63) is 29.8 Å². The fraction of sp³-hybridized carbons (Fsp3) is 0.385. The van der Waals surface area contributed by atoms with Crippen LogP contribution in [0.4, 0.5) is 0 Å². The maximum Gasteiger partial charge on any atom is 0.325 e. The van der Waals surface area contributed by atoms with Crippen LogP contribution >= 0.6 is 0 Å². The van der Waals surface area contributed by atoms with Gasteiger partial charge in [0.2, 0.25) is 0 Å². The minimum Gasteiger partial charge on any atom is -0.508 e. The number of nitrogens with zero attached hydrogens (tertiary/aromatic N) is 1. The van der Waals surface area contributed by atoms with Gasteiger partial charge in [0.25, 0.3) is 0 Å². The van der Waals surface area contributed by atoms with Crippen molar-refractivity contribution in [1.82, 2.24) is 4.90 Å². The van der Waals surface area contributed by atoms with Crippen molar-refractivity contribution < 1.29 is 24.9 Å². The molecule has 0 saturated carbocycles. The molecule has 0 spiro atoms. The fourth-order valence-corrected chi connectivity index (χ4v) is 1.88. The summed E-state index contributed by atoms with van der Waals surface area (Å²) >= 11 is 0. The van der Waals surface area contributed by atoms with Crippen molar-refractivity contribution in [1.29, 1.82) is 0 Å². The van der Waals surface area contributed by atoms with Crippen molar-refractivity contribution in [3.63, 3.8) is 0 Å². The van der Waals surface area contributed by atoms with Crippen LogP contribution in [0.25, 0.3) is 0 Å². The molecule has 1 unspecified atom stereocenters. The molecular formula is C13H17NO5. The zero-order chi connectivity index (χ0) is 14.4. The monoisotopic (exact) mass is 267 g/mol. The van der Waals surface area contributed by atoms with Gasteiger partial charge in [-0.05, 0) is 24.2 Å². The number of likely N-dealkylation sites (N-methyl/N-ethyl adjacent to an activating group) is 1. The number of phenolic OH excluding ortho intramolecular Hbond substituents is 1. The molecule has 1 rings (SSSR count). The SMILES string of the molecule is CCN(CCC(=O)O)C(C(=O)O)c1ccc(O)cc1. The smallest absolute Gasteiger partial charge is 0.325 e. The van der Waals surface area contributed by atoms with Gasteiger partial charge in [0, 0.05) is 6.54 Å². The fourth-order valence-electron chi connectivity index (χ4n) is 1.88. The summed E-state index contributed by atoms with van der Waals surface area (Å²) in [5.74, 6) is -1.95. The van der Waals surface area contributed by atoms with E-state index in [-0.39, 0.29) is 18.7 Å². The summed E-state index contributed by atoms with van der Waals surface area (Å²) in [7, 11) is 0. The van der Waals surface area contributed by atoms with Crippen LogP contribution in [0.5, 0.6) is 5.75 Å². The van der Waals surface area contributed by atoms with Crippen LogP contribution < -0.4 is 0 Å². The molecule has 0 bridgehead atoms. The van der Waals surface area contributed by atoms with Crippen LogP contribution in [0.2, 0.25) is 0 Å². The van der Waals surface area contributed by atoms with E-state index in [1.807, 2.05) is 0 Å². The van der Waals surface area contributed by atoms with Crippen molar-refractivity contribution >= 4 is 11.9 Å². The maximum atomic E-state index is 11.4. The van der Waals surface area contributed by atoms with Gasteiger partial charge in [0.15, 0.2) is 0 Å². The molecule has 6 nitrogen and oxygen atoms in total. The second-order valence-electron chi connectivity index (χ2n) is 4.10. The van der Waals surface area contributed by atoms with Gasteiger partial charge >= 0.3 is 11.9 Å². The van der Waals surface area contributed by atoms with Crippen molar-refractivity contribution in [3.8, 4) is 5.75 Å². The Bertz CT molecular complexity index is 443. The van der Waals surface area contributed by atoms with Crippen molar-refractivity contribution in [2.45, 2.75) is 19.4 Å². The van der Waals surface area contributed by atoms with Crippen LogP contribution in [0, 0.1) is 0 Å². The largest absolute Gasteiger partial charge is 0.508 e. The number of rotatable bonds is 7. The summed E-state index contributed by atoms with van der Waals surface area (Å²) in [4.78, 5) is 23.5. The van der Waals surface area contributed by atoms with Gasteiger partial charge in [0.1, 0.15) is 11.8 Å². The van der Waals surface area contributed by atoms with Crippen LogP contribution in [-0.2, 0) is 9.59 Å². The topological polar surface area (TPSA) is 98.1 Å². The molecule has 0 fully saturated rings. The third-order valence-electron chi connectivity index (χ3n) is 2.83. The highest BCUT2D eigenvalue weighted by molar-refractivity contribution is 5.75. The van der Waals surface area contributed by atoms with Gasteiger partial charge in [0.05, 0.1) is 6.42 Å². The molecule has 0 radical (unpaired) electrons. The molecule has 3 N–H and O–H groups in total. The third kappa shape index (κ3) is 4.26. The Kier molecular flexibility index (Phi) is 5.32. The lowest BCUT2D eigenvalue weighted by Crippen LogP contribution is -2.35. The average Bonchev–Trinajstić information content (AvgIpc) is 2.35. The molecule has 1 atom stereocenters. The molecule has 0 saturated heterocycles. The highest BCUT2D eigenvalue weighted by Gasteiger charge is 2.26. The second kappa shape index (κ2) is 6.75. The normalized spacial score (nSPS) is 12.3. The molecule has 1 aromatic rings. The quantitative estimate of drug-likeness (QED) is 0.689. The summed E-state index contributed by atoms with van der Waals surface area (Å²) in [5.41, 5.74) is 0.512. The van der Waals surface area contributed by atoms with E-state index in [1.54, 1.807) is 11.8 Å². The number of carbonyl (C=O) groups is 2. The zero-order valence-electron chi connectivity index (χ0n) is 10.6. The lowest BCUT2D eigenvalue weighted by atomic mass is 10.0. The number of carboxylic acids is 2. The van der Waals surface area contributed by atoms with E-state index in [1.165, 1.54) is 24.3 Å². The molecule has 1 aromatic carbocycles. The Labute approximate surface area is 110 Å². The number of hydrogen-bond acceptors (Lipinski definition) is 4. The van der Waals surface area contributed by atoms with Gasteiger partial charge in [-0.15, -0.1) is 0 Å². The lowest BCUT2D eigenvalue weighted by molar-refractivity contribution is -0.145. The molecule has 19 heavy (non-hydrogen) atoms. The van der Waals surface area contributed by atoms with Crippen LogP contribution in [0.3, 0.4) is 0 Å². The first-order chi connectivity index (χ1) is 8.95. The predicted octanol–water partition coefficient (Wildman–Crippen LogP) is 1.31. The Balaban J connectivity index is 2.94. The molecule has 0 aliphatic rings. The standard InChI is InChI=1S/C13H17NO5/c1-2-14(8-7-11(16)17)12(13(18)19)9-3-5-10(15)6-4-9/h3-6,12,15H,2,7-8H2,1H3,(H,16,17)(H,18,19). The van der Waals surface area contributed by atoms with Gasteiger partial charge in [-0.2, -0.15) is 0 Å². The first-order valence-electron chi connectivity index (χ1n) is 5.93. The average molecular weight is 267 g/mol. The molecule has 0 aliphatic carbocycles. The summed E-state index contributed by atoms with van der Waals surface area (Å²) in [6, 6.07) is 4.96. The number of benzene rings is 1. The minimum absolute atomic E-state index is 0.0569. The first kappa shape index (κ1) is 15.0. The Morgan fingerprint density at radius 1 is 1.21 bits per heavy atom. The van der Waals surface area contributed by atoms with Crippen molar-refractivity contribution in [2.24, 2.45) is 0 Å². The Morgan fingerprint density at radius 2 is 1.79 bits per heavy atom. The summed E-state index contributed by atoms with van der Waals surface area (Å²) in [6.07, 6.45) is -0.115. The van der Waals surface area contributed by atoms with Gasteiger partial charge in [-0.1, -0.05) is 19.1 Å². The third-order valence-corrected chi connectivity index (χ3v) is 2.83. The minimum atomic E-state index is -1.04. The van der Waals surface area contributed by atoms with Crippen LogP contribution in [0.15, 0.2) is 24.3 Å². The second-order valence-corrected chi connectivity index (χ2v) is 4.10. The lowest BCUT2D eigenvalue weighted by Gasteiger charge is -2.27. The van der Waals surface area contributed by atoms with E-state index >= 15 is 0 Å². The molecule has 0 heterocycles. The number of carboxylic acid groups (broad SMARTS) is 2. The van der Waals surface area contributed by atoms with E-state index in [2.05, 4.69) is 0 Å². The highest BCUT2D eigenvalue weighted by atomic mass is 16.4. The molecular weight excluding hydrogens is 250 g/mol. The van der Waals surface area contributed by atoms with E-state index < -0.39 is 18.0 Å². The highest BCUT2D eigenvalue weighted by Crippen LogP contribution is 2.23. The summed E-state index contributed by atoms with van der Waals surface area (Å²) < 4.78 is 0. The molecule has 6 heteroatoms. The van der Waals surface area contributed by atoms with Crippen LogP contribution in [0.1, 0.15) is 24.9 Å². The van der Waals surface area contributed by atoms with Gasteiger partial charge in [-0.3, -0.25) is 14.5 Å². The Morgan fingerprint density at radius 3 is 2.21 bits per heavy atom. The van der Waals surface area contributed by atoms with Gasteiger partial charge < -0.3 is 15.3 Å². The molecule has 104 valence electrons. The maximum absolute atomic E-state index is 11.4. The Hall–Kier alpha value is -2.08. The predicted molar refractivity (Wildman–Crippen MR) is 68.0 cm³/mol. The van der Waals surface area contributed by atoms with Crippen LogP contribution in [-0.4, -0.2) is 45.2 Å². The van der Waals surface area contributed by atoms with E-state index in [0.717, 1.165) is 0 Å². The van der Waals surface area contributed by atoms with E-state index in [4.69, 9.17) is 5.11 Å². The number of phenols is 1. The summed E-state index contributed by atoms with van der Waals surface area (Å²) in [5, 5.41) is 27.2. The summed E-state index contributed by atoms with van der Waals surface area (Å²) in [6.45, 7) is 2.35. The van der Waals surface area contributed by atoms with Crippen molar-refractivity contribution in [2.75, 3.05) is 13.1 Å². The first-order valence-corrected chi connectivity index (χ1v) is 5.93. The number of aliphatic carboxylic acids is 2. The number of hydrogen-bond donors (Lipinski definition) is 3. The number of aromatic hydroxyl groups is 1. The zero-order valence-corrected chi connectivity index (χ0v) is 10.6. The molecule has 0 amide bonds. The van der Waals surface area contributed by atoms with E-state index in [0.29, 0.717) is 12.1 Å². The molecule has 0 aromatic heterocycles.